The average molecular weight is 525 g/mol. The molecule has 1 heterocycles. The molecule has 2 N–H and O–H groups in total. The zero-order valence-electron chi connectivity index (χ0n) is 17.3. The summed E-state index contributed by atoms with van der Waals surface area (Å²) in [5.74, 6) is -0.667. The van der Waals surface area contributed by atoms with E-state index in [1.54, 1.807) is 18.2 Å². The maximum atomic E-state index is 12.8. The van der Waals surface area contributed by atoms with E-state index in [1.807, 2.05) is 16.9 Å². The van der Waals surface area contributed by atoms with Crippen LogP contribution in [0.5, 0.6) is 0 Å². The number of hydrogen-bond donors (Lipinski definition) is 2. The number of anilines is 1. The number of rotatable bonds is 5. The first-order valence-corrected chi connectivity index (χ1v) is 12.9. The molecule has 0 aliphatic heterocycles. The molecular formula is C22H18Cl2N2O5S2. The fraction of sp³-hybridized carbons (Fsp3) is 0.182. The molecule has 1 aliphatic carbocycles. The molecule has 1 aliphatic rings. The smallest absolute Gasteiger partial charge is 0.338 e. The lowest BCUT2D eigenvalue weighted by molar-refractivity contribution is 0.0601. The minimum absolute atomic E-state index is 0.0852. The van der Waals surface area contributed by atoms with Crippen LogP contribution in [0.25, 0.3) is 11.1 Å². The maximum Gasteiger partial charge on any atom is 0.338 e. The number of aryl methyl sites for hydroxylation is 1. The molecule has 7 nitrogen and oxygen atoms in total. The maximum absolute atomic E-state index is 12.8. The summed E-state index contributed by atoms with van der Waals surface area (Å²) in [5, 5.41) is 4.76. The van der Waals surface area contributed by atoms with Gasteiger partial charge in [-0.2, -0.15) is 0 Å². The van der Waals surface area contributed by atoms with Gasteiger partial charge in [-0.25, -0.2) is 22.7 Å². The number of amides is 2. The number of carbonyl (C=O) groups is 2. The second-order valence-electron chi connectivity index (χ2n) is 7.29. The minimum Gasteiger partial charge on any atom is -0.465 e. The lowest BCUT2D eigenvalue weighted by atomic mass is 9.97. The summed E-state index contributed by atoms with van der Waals surface area (Å²) in [5.41, 5.74) is 3.85. The first kappa shape index (κ1) is 23.6. The van der Waals surface area contributed by atoms with Crippen molar-refractivity contribution in [2.24, 2.45) is 0 Å². The molecule has 4 rings (SSSR count). The molecule has 33 heavy (non-hydrogen) atoms. The Morgan fingerprint density at radius 1 is 1.09 bits per heavy atom. The lowest BCUT2D eigenvalue weighted by Crippen LogP contribution is -2.34. The highest BCUT2D eigenvalue weighted by Crippen LogP contribution is 2.41. The molecule has 2 amide bonds. The van der Waals surface area contributed by atoms with E-state index in [4.69, 9.17) is 23.2 Å². The van der Waals surface area contributed by atoms with Gasteiger partial charge in [-0.1, -0.05) is 47.5 Å². The number of methoxy groups -OCH3 is 1. The van der Waals surface area contributed by atoms with E-state index in [0.29, 0.717) is 26.9 Å². The van der Waals surface area contributed by atoms with Crippen LogP contribution in [-0.2, 0) is 27.6 Å². The van der Waals surface area contributed by atoms with E-state index in [0.717, 1.165) is 47.8 Å². The summed E-state index contributed by atoms with van der Waals surface area (Å²) in [7, 11) is -3.01. The van der Waals surface area contributed by atoms with Crippen molar-refractivity contribution in [2.45, 2.75) is 23.5 Å². The van der Waals surface area contributed by atoms with Crippen LogP contribution in [0.2, 0.25) is 10.0 Å². The van der Waals surface area contributed by atoms with E-state index in [9.17, 15) is 18.0 Å². The quantitative estimate of drug-likeness (QED) is 0.428. The van der Waals surface area contributed by atoms with Gasteiger partial charge >= 0.3 is 12.0 Å². The van der Waals surface area contributed by atoms with Crippen LogP contribution in [0.15, 0.2) is 46.0 Å². The van der Waals surface area contributed by atoms with Crippen LogP contribution in [0.4, 0.5) is 10.5 Å². The molecule has 1 aromatic heterocycles. The van der Waals surface area contributed by atoms with Gasteiger partial charge in [0.15, 0.2) is 0 Å². The number of carbonyl (C=O) groups excluding carboxylic acids is 2. The molecule has 0 atom stereocenters. The number of fused-ring (bicyclic) bond motifs is 1. The number of sulfonamides is 1. The molecular weight excluding hydrogens is 507 g/mol. The normalized spacial score (nSPS) is 12.8. The molecule has 3 aromatic rings. The number of ether oxygens (including phenoxy) is 1. The summed E-state index contributed by atoms with van der Waals surface area (Å²) in [6, 6.07) is 9.25. The number of urea groups is 1. The summed E-state index contributed by atoms with van der Waals surface area (Å²) >= 11 is 13.4. The highest BCUT2D eigenvalue weighted by Gasteiger charge is 2.25. The van der Waals surface area contributed by atoms with Crippen LogP contribution < -0.4 is 10.0 Å². The molecule has 0 unspecified atom stereocenters. The lowest BCUT2D eigenvalue weighted by Gasteiger charge is -2.17. The third-order valence-electron chi connectivity index (χ3n) is 5.25. The van der Waals surface area contributed by atoms with Gasteiger partial charge in [0.05, 0.1) is 28.4 Å². The number of benzene rings is 2. The Morgan fingerprint density at radius 3 is 2.64 bits per heavy atom. The molecule has 0 fully saturated rings. The van der Waals surface area contributed by atoms with Crippen LogP contribution in [0, 0.1) is 0 Å². The van der Waals surface area contributed by atoms with Gasteiger partial charge in [-0.3, -0.25) is 0 Å². The average Bonchev–Trinajstić information content (AvgIpc) is 3.45. The molecule has 0 saturated heterocycles. The number of nitrogens with one attached hydrogen (secondary N) is 2. The van der Waals surface area contributed by atoms with E-state index in [1.165, 1.54) is 12.5 Å². The van der Waals surface area contributed by atoms with E-state index >= 15 is 0 Å². The Balaban J connectivity index is 1.65. The number of halogens is 2. The number of esters is 1. The molecule has 2 aromatic carbocycles. The van der Waals surface area contributed by atoms with Crippen molar-refractivity contribution in [2.75, 3.05) is 12.4 Å². The van der Waals surface area contributed by atoms with Gasteiger partial charge in [0.2, 0.25) is 0 Å². The Morgan fingerprint density at radius 2 is 1.88 bits per heavy atom. The van der Waals surface area contributed by atoms with Gasteiger partial charge < -0.3 is 10.1 Å². The fourth-order valence-corrected chi connectivity index (χ4v) is 6.20. The predicted octanol–water partition coefficient (Wildman–Crippen LogP) is 5.51. The zero-order chi connectivity index (χ0) is 23.8. The van der Waals surface area contributed by atoms with Crippen LogP contribution >= 0.6 is 34.5 Å². The van der Waals surface area contributed by atoms with Gasteiger partial charge in [-0.05, 0) is 42.5 Å². The third-order valence-corrected chi connectivity index (χ3v) is 8.84. The second kappa shape index (κ2) is 9.34. The topological polar surface area (TPSA) is 102 Å². The fourth-order valence-electron chi connectivity index (χ4n) is 3.74. The second-order valence-corrected chi connectivity index (χ2v) is 10.9. The number of hydrogen-bond acceptors (Lipinski definition) is 6. The molecule has 0 bridgehead atoms. The van der Waals surface area contributed by atoms with Crippen LogP contribution in [0.1, 0.15) is 27.9 Å². The van der Waals surface area contributed by atoms with Gasteiger partial charge in [0.25, 0.3) is 10.0 Å². The predicted molar refractivity (Wildman–Crippen MR) is 129 cm³/mol. The molecule has 11 heteroatoms. The summed E-state index contributed by atoms with van der Waals surface area (Å²) < 4.78 is 31.8. The van der Waals surface area contributed by atoms with E-state index in [2.05, 4.69) is 10.1 Å². The largest absolute Gasteiger partial charge is 0.465 e. The van der Waals surface area contributed by atoms with Gasteiger partial charge in [0, 0.05) is 16.5 Å². The van der Waals surface area contributed by atoms with Crippen molar-refractivity contribution < 1.29 is 22.7 Å². The van der Waals surface area contributed by atoms with Crippen molar-refractivity contribution in [1.29, 1.82) is 0 Å². The first-order chi connectivity index (χ1) is 15.7. The molecule has 0 saturated carbocycles. The highest BCUT2D eigenvalue weighted by atomic mass is 35.5. The Labute approximate surface area is 204 Å². The summed E-state index contributed by atoms with van der Waals surface area (Å²) in [6.07, 6.45) is 2.51. The highest BCUT2D eigenvalue weighted by molar-refractivity contribution is 7.92. The monoisotopic (exact) mass is 524 g/mol. The summed E-state index contributed by atoms with van der Waals surface area (Å²) in [4.78, 5) is 24.4. The van der Waals surface area contributed by atoms with Crippen LogP contribution in [0.3, 0.4) is 0 Å². The zero-order valence-corrected chi connectivity index (χ0v) is 20.4. The molecule has 172 valence electrons. The molecule has 0 radical (unpaired) electrons. The van der Waals surface area contributed by atoms with Gasteiger partial charge in [-0.15, -0.1) is 11.3 Å². The van der Waals surface area contributed by atoms with Crippen LogP contribution in [-0.4, -0.2) is 27.5 Å². The van der Waals surface area contributed by atoms with Crippen molar-refractivity contribution in [3.8, 4) is 11.1 Å². The minimum atomic E-state index is -4.21. The molecule has 0 spiro atoms. The van der Waals surface area contributed by atoms with Crippen molar-refractivity contribution in [1.82, 2.24) is 4.72 Å². The Bertz CT molecular complexity index is 1370. The van der Waals surface area contributed by atoms with Crippen molar-refractivity contribution >= 4 is 62.2 Å². The van der Waals surface area contributed by atoms with E-state index in [-0.39, 0.29) is 9.77 Å². The van der Waals surface area contributed by atoms with E-state index < -0.39 is 22.0 Å². The van der Waals surface area contributed by atoms with Gasteiger partial charge in [0.1, 0.15) is 4.21 Å². The van der Waals surface area contributed by atoms with Crippen molar-refractivity contribution in [3.05, 3.63) is 68.5 Å². The Kier molecular flexibility index (Phi) is 6.67. The standard InChI is InChI=1S/C22H18Cl2N2O5S2/c1-31-21(27)13-10-18(32-11-13)33(29,30)26-22(28)25-20-14-5-2-4-12(14)8-9-16(20)15-6-3-7-17(23)19(15)24/h3,6-11H,2,4-5H2,1H3,(H2,25,26,28). The first-order valence-electron chi connectivity index (χ1n) is 9.81. The number of thiophene rings is 1. The van der Waals surface area contributed by atoms with Crippen molar-refractivity contribution in [3.63, 3.8) is 0 Å². The SMILES string of the molecule is COC(=O)c1csc(S(=O)(=O)NC(=O)Nc2c(-c3cccc(Cl)c3Cl)ccc3c2CCC3)c1. The summed E-state index contributed by atoms with van der Waals surface area (Å²) in [6.45, 7) is 0. The Hall–Kier alpha value is -2.59. The third kappa shape index (κ3) is 4.72.